The first-order chi connectivity index (χ1) is 14.5. The molecule has 0 radical (unpaired) electrons. The maximum atomic E-state index is 13.3. The van der Waals surface area contributed by atoms with Gasteiger partial charge in [0.1, 0.15) is 16.6 Å². The number of carbonyl (C=O) groups excluding carboxylic acids is 1. The van der Waals surface area contributed by atoms with Gasteiger partial charge in [0.25, 0.3) is 0 Å². The van der Waals surface area contributed by atoms with Crippen LogP contribution in [0.5, 0.6) is 5.75 Å². The highest BCUT2D eigenvalue weighted by Crippen LogP contribution is 2.28. The van der Waals surface area contributed by atoms with Gasteiger partial charge in [-0.3, -0.25) is 4.79 Å². The van der Waals surface area contributed by atoms with Crippen LogP contribution in [-0.2, 0) is 4.79 Å². The number of aromatic nitrogens is 3. The number of aryl methyl sites for hydroxylation is 1. The number of hydrogen-bond donors (Lipinski definition) is 1. The van der Waals surface area contributed by atoms with Crippen molar-refractivity contribution < 1.29 is 13.9 Å². The van der Waals surface area contributed by atoms with E-state index in [-0.39, 0.29) is 17.5 Å². The molecule has 1 N–H and O–H groups in total. The monoisotopic (exact) mass is 422 g/mol. The first kappa shape index (κ1) is 19.9. The normalized spacial score (nSPS) is 10.9. The van der Waals surface area contributed by atoms with E-state index in [0.717, 1.165) is 21.8 Å². The van der Waals surface area contributed by atoms with Gasteiger partial charge in [0, 0.05) is 11.3 Å². The van der Waals surface area contributed by atoms with E-state index in [4.69, 9.17) is 4.74 Å². The Morgan fingerprint density at radius 3 is 2.73 bits per heavy atom. The van der Waals surface area contributed by atoms with Crippen LogP contribution in [0.3, 0.4) is 0 Å². The Labute approximate surface area is 177 Å². The number of benzene rings is 2. The van der Waals surface area contributed by atoms with E-state index in [2.05, 4.69) is 15.4 Å². The van der Waals surface area contributed by atoms with Gasteiger partial charge in [0.2, 0.25) is 5.91 Å². The van der Waals surface area contributed by atoms with Crippen molar-refractivity contribution in [1.29, 1.82) is 0 Å². The molecule has 8 heteroatoms. The average molecular weight is 422 g/mol. The lowest BCUT2D eigenvalue weighted by molar-refractivity contribution is -0.113. The summed E-state index contributed by atoms with van der Waals surface area (Å²) < 4.78 is 20.2. The van der Waals surface area contributed by atoms with Gasteiger partial charge in [0.05, 0.1) is 24.7 Å². The summed E-state index contributed by atoms with van der Waals surface area (Å²) in [6.45, 7) is 1.89. The van der Waals surface area contributed by atoms with Crippen molar-refractivity contribution >= 4 is 29.0 Å². The average Bonchev–Trinajstić information content (AvgIpc) is 3.17. The number of para-hydroxylation sites is 2. The molecule has 0 aliphatic carbocycles. The Kier molecular flexibility index (Phi) is 5.67. The maximum Gasteiger partial charge on any atom is 0.234 e. The number of amides is 1. The van der Waals surface area contributed by atoms with Crippen LogP contribution in [-0.4, -0.2) is 33.4 Å². The van der Waals surface area contributed by atoms with Crippen LogP contribution in [0.2, 0.25) is 0 Å². The molecule has 0 atom stereocenters. The van der Waals surface area contributed by atoms with E-state index in [1.54, 1.807) is 42.1 Å². The fourth-order valence-corrected chi connectivity index (χ4v) is 3.92. The molecule has 4 rings (SSSR count). The van der Waals surface area contributed by atoms with Gasteiger partial charge in [-0.2, -0.15) is 5.10 Å². The number of anilines is 1. The van der Waals surface area contributed by atoms with Gasteiger partial charge in [-0.25, -0.2) is 13.9 Å². The number of hydrogen-bond acceptors (Lipinski definition) is 5. The van der Waals surface area contributed by atoms with Gasteiger partial charge >= 0.3 is 0 Å². The summed E-state index contributed by atoms with van der Waals surface area (Å²) in [7, 11) is 1.56. The van der Waals surface area contributed by atoms with Gasteiger partial charge in [-0.1, -0.05) is 36.0 Å². The molecule has 4 aromatic rings. The van der Waals surface area contributed by atoms with Crippen molar-refractivity contribution in [3.8, 4) is 16.9 Å². The Morgan fingerprint density at radius 1 is 1.20 bits per heavy atom. The number of carbonyl (C=O) groups is 1. The predicted molar refractivity (Wildman–Crippen MR) is 115 cm³/mol. The fourth-order valence-electron chi connectivity index (χ4n) is 3.06. The third kappa shape index (κ3) is 4.13. The summed E-state index contributed by atoms with van der Waals surface area (Å²) in [5.74, 6) is 0.353. The molecule has 0 bridgehead atoms. The zero-order chi connectivity index (χ0) is 21.1. The van der Waals surface area contributed by atoms with Crippen molar-refractivity contribution in [3.63, 3.8) is 0 Å². The molecule has 0 aliphatic heterocycles. The smallest absolute Gasteiger partial charge is 0.234 e. The van der Waals surface area contributed by atoms with Crippen molar-refractivity contribution in [2.75, 3.05) is 18.2 Å². The van der Waals surface area contributed by atoms with E-state index in [9.17, 15) is 9.18 Å². The molecule has 0 unspecified atom stereocenters. The number of ether oxygens (including phenoxy) is 1. The van der Waals surface area contributed by atoms with Gasteiger partial charge < -0.3 is 10.1 Å². The molecule has 0 fully saturated rings. The molecule has 2 aromatic carbocycles. The summed E-state index contributed by atoms with van der Waals surface area (Å²) in [6.07, 6.45) is 1.70. The molecule has 0 saturated heterocycles. The van der Waals surface area contributed by atoms with Gasteiger partial charge in [-0.15, -0.1) is 0 Å². The zero-order valence-corrected chi connectivity index (χ0v) is 17.2. The van der Waals surface area contributed by atoms with E-state index < -0.39 is 0 Å². The molecule has 0 spiro atoms. The summed E-state index contributed by atoms with van der Waals surface area (Å²) in [6, 6.07) is 15.4. The highest BCUT2D eigenvalue weighted by molar-refractivity contribution is 7.99. The summed E-state index contributed by atoms with van der Waals surface area (Å²) in [5.41, 5.74) is 3.72. The van der Waals surface area contributed by atoms with Crippen LogP contribution >= 0.6 is 11.8 Å². The quantitative estimate of drug-likeness (QED) is 0.364. The Bertz CT molecular complexity index is 1210. The van der Waals surface area contributed by atoms with Crippen molar-refractivity contribution in [3.05, 3.63) is 72.3 Å². The lowest BCUT2D eigenvalue weighted by atomic mass is 10.1. The second-order valence-corrected chi connectivity index (χ2v) is 7.57. The highest BCUT2D eigenvalue weighted by Gasteiger charge is 2.14. The Balaban J connectivity index is 1.56. The molecule has 0 aliphatic rings. The van der Waals surface area contributed by atoms with Gasteiger partial charge in [0.15, 0.2) is 5.65 Å². The van der Waals surface area contributed by atoms with Gasteiger partial charge in [-0.05, 0) is 42.8 Å². The second kappa shape index (κ2) is 8.54. The minimum atomic E-state index is -0.295. The largest absolute Gasteiger partial charge is 0.495 e. The van der Waals surface area contributed by atoms with Crippen molar-refractivity contribution in [1.82, 2.24) is 14.6 Å². The zero-order valence-electron chi connectivity index (χ0n) is 16.4. The minimum Gasteiger partial charge on any atom is -0.495 e. The minimum absolute atomic E-state index is 0.155. The fraction of sp³-hybridized carbons (Fsp3) is 0.136. The van der Waals surface area contributed by atoms with E-state index in [1.165, 1.54) is 23.9 Å². The third-order valence-electron chi connectivity index (χ3n) is 4.45. The predicted octanol–water partition coefficient (Wildman–Crippen LogP) is 4.58. The highest BCUT2D eigenvalue weighted by atomic mass is 32.2. The van der Waals surface area contributed by atoms with Crippen LogP contribution in [0.15, 0.2) is 65.8 Å². The molecule has 0 saturated carbocycles. The molecule has 30 heavy (non-hydrogen) atoms. The number of halogens is 1. The van der Waals surface area contributed by atoms with E-state index >= 15 is 0 Å². The van der Waals surface area contributed by atoms with Crippen molar-refractivity contribution in [2.45, 2.75) is 11.9 Å². The lowest BCUT2D eigenvalue weighted by Gasteiger charge is -2.10. The first-order valence-electron chi connectivity index (χ1n) is 9.22. The second-order valence-electron chi connectivity index (χ2n) is 6.57. The van der Waals surface area contributed by atoms with Crippen LogP contribution in [0.25, 0.3) is 16.8 Å². The number of nitrogens with zero attached hydrogens (tertiary/aromatic N) is 3. The third-order valence-corrected chi connectivity index (χ3v) is 5.45. The number of thioether (sulfide) groups is 1. The molecule has 2 heterocycles. The standard InChI is InChI=1S/C22H19FN4O2S/c1-14-11-21(30-13-20(28)26-18-5-3-4-6-19(18)29-2)27-22(25-14)17(12-24-27)15-7-9-16(23)10-8-15/h3-12H,13H2,1-2H3,(H,26,28). The molecule has 6 nitrogen and oxygen atoms in total. The van der Waals surface area contributed by atoms with Crippen LogP contribution in [0, 0.1) is 12.7 Å². The number of methoxy groups -OCH3 is 1. The summed E-state index contributed by atoms with van der Waals surface area (Å²) >= 11 is 1.36. The number of rotatable bonds is 6. The molecule has 2 aromatic heterocycles. The number of fused-ring (bicyclic) bond motifs is 1. The summed E-state index contributed by atoms with van der Waals surface area (Å²) in [4.78, 5) is 17.1. The molecular formula is C22H19FN4O2S. The van der Waals surface area contributed by atoms with Crippen LogP contribution in [0.1, 0.15) is 5.69 Å². The van der Waals surface area contributed by atoms with E-state index in [0.29, 0.717) is 17.1 Å². The molecule has 152 valence electrons. The topological polar surface area (TPSA) is 68.5 Å². The number of nitrogens with one attached hydrogen (secondary N) is 1. The maximum absolute atomic E-state index is 13.3. The lowest BCUT2D eigenvalue weighted by Crippen LogP contribution is -2.15. The van der Waals surface area contributed by atoms with Crippen molar-refractivity contribution in [2.24, 2.45) is 0 Å². The van der Waals surface area contributed by atoms with E-state index in [1.807, 2.05) is 25.1 Å². The Hall–Kier alpha value is -3.39. The Morgan fingerprint density at radius 2 is 1.97 bits per heavy atom. The first-order valence-corrected chi connectivity index (χ1v) is 10.2. The molecule has 1 amide bonds. The molecular weight excluding hydrogens is 403 g/mol. The summed E-state index contributed by atoms with van der Waals surface area (Å²) in [5, 5.41) is 8.09. The SMILES string of the molecule is COc1ccccc1NC(=O)CSc1cc(C)nc2c(-c3ccc(F)cc3)cnn12. The van der Waals surface area contributed by atoms with Crippen LogP contribution < -0.4 is 10.1 Å². The van der Waals surface area contributed by atoms with Crippen LogP contribution in [0.4, 0.5) is 10.1 Å².